The molecular formula is C19H17ClFNO3. The van der Waals surface area contributed by atoms with Crippen molar-refractivity contribution in [3.8, 4) is 0 Å². The highest BCUT2D eigenvalue weighted by Gasteiger charge is 2.11. The largest absolute Gasteiger partial charge is 0.452 e. The smallest absolute Gasteiger partial charge is 0.331 e. The monoisotopic (exact) mass is 361 g/mol. The summed E-state index contributed by atoms with van der Waals surface area (Å²) in [4.78, 5) is 23.5. The molecule has 1 N–H and O–H groups in total. The molecule has 0 bridgehead atoms. The van der Waals surface area contributed by atoms with E-state index in [2.05, 4.69) is 5.32 Å². The maximum absolute atomic E-state index is 13.4. The zero-order chi connectivity index (χ0) is 18.4. The van der Waals surface area contributed by atoms with Gasteiger partial charge in [-0.05, 0) is 43.2 Å². The van der Waals surface area contributed by atoms with Crippen LogP contribution in [0.2, 0.25) is 5.02 Å². The van der Waals surface area contributed by atoms with Crippen molar-refractivity contribution < 1.29 is 18.7 Å². The van der Waals surface area contributed by atoms with Crippen molar-refractivity contribution in [2.24, 2.45) is 0 Å². The highest BCUT2D eigenvalue weighted by atomic mass is 35.5. The summed E-state index contributed by atoms with van der Waals surface area (Å²) in [5.74, 6) is -1.71. The van der Waals surface area contributed by atoms with Gasteiger partial charge in [0.05, 0.1) is 10.7 Å². The minimum absolute atomic E-state index is 0.256. The summed E-state index contributed by atoms with van der Waals surface area (Å²) in [7, 11) is 0. The number of hydrogen-bond acceptors (Lipinski definition) is 3. The number of carbonyl (C=O) groups excluding carboxylic acids is 2. The van der Waals surface area contributed by atoms with E-state index in [1.807, 2.05) is 19.9 Å². The minimum atomic E-state index is -0.745. The fraction of sp³-hybridized carbons (Fsp3) is 0.158. The Bertz CT molecular complexity index is 810. The Morgan fingerprint density at radius 2 is 1.96 bits per heavy atom. The molecule has 0 aromatic heterocycles. The van der Waals surface area contributed by atoms with Gasteiger partial charge in [-0.1, -0.05) is 35.9 Å². The molecule has 25 heavy (non-hydrogen) atoms. The molecule has 0 atom stereocenters. The molecule has 4 nitrogen and oxygen atoms in total. The summed E-state index contributed by atoms with van der Waals surface area (Å²) >= 11 is 6.10. The third-order valence-corrected chi connectivity index (χ3v) is 3.64. The summed E-state index contributed by atoms with van der Waals surface area (Å²) in [5.41, 5.74) is 2.52. The number of ether oxygens (including phenoxy) is 1. The number of halogens is 2. The van der Waals surface area contributed by atoms with Crippen LogP contribution < -0.4 is 5.32 Å². The van der Waals surface area contributed by atoms with Gasteiger partial charge in [-0.2, -0.15) is 0 Å². The first-order valence-corrected chi connectivity index (χ1v) is 7.90. The Balaban J connectivity index is 1.90. The fourth-order valence-corrected chi connectivity index (χ4v) is 2.57. The maximum Gasteiger partial charge on any atom is 0.331 e. The second-order valence-electron chi connectivity index (χ2n) is 5.45. The second-order valence-corrected chi connectivity index (χ2v) is 5.86. The van der Waals surface area contributed by atoms with Crippen LogP contribution in [0.4, 0.5) is 10.1 Å². The van der Waals surface area contributed by atoms with E-state index >= 15 is 0 Å². The predicted molar refractivity (Wildman–Crippen MR) is 95.9 cm³/mol. The van der Waals surface area contributed by atoms with Crippen molar-refractivity contribution in [1.29, 1.82) is 0 Å². The van der Waals surface area contributed by atoms with Crippen LogP contribution in [-0.4, -0.2) is 18.5 Å². The van der Waals surface area contributed by atoms with Gasteiger partial charge in [-0.25, -0.2) is 9.18 Å². The standard InChI is InChI=1S/C19H17ClFNO3/c1-12-9-13(2)19(15(20)10-12)22-17(23)11-25-18(24)8-7-14-5-3-4-6-16(14)21/h3-10H,11H2,1-2H3,(H,22,23)/b8-7+. The molecule has 0 radical (unpaired) electrons. The molecule has 0 saturated carbocycles. The van der Waals surface area contributed by atoms with Crippen LogP contribution in [0.15, 0.2) is 42.5 Å². The first kappa shape index (κ1) is 18.7. The quantitative estimate of drug-likeness (QED) is 0.638. The van der Waals surface area contributed by atoms with E-state index in [4.69, 9.17) is 16.3 Å². The second kappa shape index (κ2) is 8.44. The van der Waals surface area contributed by atoms with Gasteiger partial charge in [-0.15, -0.1) is 0 Å². The summed E-state index contributed by atoms with van der Waals surface area (Å²) in [6, 6.07) is 9.61. The van der Waals surface area contributed by atoms with Gasteiger partial charge in [0.15, 0.2) is 6.61 Å². The van der Waals surface area contributed by atoms with Crippen molar-refractivity contribution in [3.63, 3.8) is 0 Å². The number of esters is 1. The van der Waals surface area contributed by atoms with Crippen LogP contribution in [-0.2, 0) is 14.3 Å². The van der Waals surface area contributed by atoms with Crippen molar-refractivity contribution in [2.45, 2.75) is 13.8 Å². The van der Waals surface area contributed by atoms with Crippen LogP contribution in [0, 0.1) is 19.7 Å². The van der Waals surface area contributed by atoms with Gasteiger partial charge in [-0.3, -0.25) is 4.79 Å². The van der Waals surface area contributed by atoms with Crippen LogP contribution >= 0.6 is 11.6 Å². The van der Waals surface area contributed by atoms with Gasteiger partial charge in [0.1, 0.15) is 5.82 Å². The molecule has 0 aliphatic heterocycles. The Morgan fingerprint density at radius 1 is 1.24 bits per heavy atom. The lowest BCUT2D eigenvalue weighted by Gasteiger charge is -2.11. The molecule has 2 rings (SSSR count). The van der Waals surface area contributed by atoms with E-state index in [-0.39, 0.29) is 5.56 Å². The molecule has 130 valence electrons. The number of hydrogen-bond donors (Lipinski definition) is 1. The van der Waals surface area contributed by atoms with Gasteiger partial charge in [0.2, 0.25) is 0 Å². The zero-order valence-corrected chi connectivity index (χ0v) is 14.6. The molecule has 1 amide bonds. The summed E-state index contributed by atoms with van der Waals surface area (Å²) < 4.78 is 18.3. The highest BCUT2D eigenvalue weighted by molar-refractivity contribution is 6.34. The molecule has 0 fully saturated rings. The molecule has 2 aromatic rings. The zero-order valence-electron chi connectivity index (χ0n) is 13.8. The number of benzene rings is 2. The van der Waals surface area contributed by atoms with Crippen LogP contribution in [0.5, 0.6) is 0 Å². The maximum atomic E-state index is 13.4. The molecule has 6 heteroatoms. The Labute approximate surface area is 150 Å². The van der Waals surface area contributed by atoms with E-state index in [9.17, 15) is 14.0 Å². The van der Waals surface area contributed by atoms with E-state index in [1.165, 1.54) is 18.2 Å². The van der Waals surface area contributed by atoms with E-state index < -0.39 is 24.3 Å². The van der Waals surface area contributed by atoms with E-state index in [0.29, 0.717) is 10.7 Å². The van der Waals surface area contributed by atoms with Crippen molar-refractivity contribution in [1.82, 2.24) is 0 Å². The Morgan fingerprint density at radius 3 is 2.64 bits per heavy atom. The summed E-state index contributed by atoms with van der Waals surface area (Å²) in [6.45, 7) is 3.25. The minimum Gasteiger partial charge on any atom is -0.452 e. The number of amides is 1. The molecule has 0 aliphatic carbocycles. The fourth-order valence-electron chi connectivity index (χ4n) is 2.20. The third-order valence-electron chi connectivity index (χ3n) is 3.35. The Kier molecular flexibility index (Phi) is 6.31. The number of aryl methyl sites for hydroxylation is 2. The number of anilines is 1. The summed E-state index contributed by atoms with van der Waals surface area (Å²) in [5, 5.41) is 3.03. The number of nitrogens with one attached hydrogen (secondary N) is 1. The van der Waals surface area contributed by atoms with Crippen LogP contribution in [0.1, 0.15) is 16.7 Å². The highest BCUT2D eigenvalue weighted by Crippen LogP contribution is 2.27. The molecule has 0 unspecified atom stereocenters. The lowest BCUT2D eigenvalue weighted by atomic mass is 10.1. The molecule has 0 aliphatic rings. The average molecular weight is 362 g/mol. The van der Waals surface area contributed by atoms with Gasteiger partial charge < -0.3 is 10.1 Å². The van der Waals surface area contributed by atoms with Crippen molar-refractivity contribution in [2.75, 3.05) is 11.9 Å². The first-order valence-electron chi connectivity index (χ1n) is 7.53. The SMILES string of the molecule is Cc1cc(C)c(NC(=O)COC(=O)/C=C/c2ccccc2F)c(Cl)c1. The molecule has 0 heterocycles. The number of carbonyl (C=O) groups is 2. The summed E-state index contributed by atoms with van der Waals surface area (Å²) in [6.07, 6.45) is 2.35. The lowest BCUT2D eigenvalue weighted by molar-refractivity contribution is -0.142. The van der Waals surface area contributed by atoms with Crippen LogP contribution in [0.25, 0.3) is 6.08 Å². The van der Waals surface area contributed by atoms with Crippen molar-refractivity contribution >= 4 is 35.2 Å². The van der Waals surface area contributed by atoms with E-state index in [1.54, 1.807) is 18.2 Å². The average Bonchev–Trinajstić information content (AvgIpc) is 2.55. The predicted octanol–water partition coefficient (Wildman–Crippen LogP) is 4.29. The van der Waals surface area contributed by atoms with Gasteiger partial charge in [0.25, 0.3) is 5.91 Å². The van der Waals surface area contributed by atoms with Gasteiger partial charge in [0, 0.05) is 11.6 Å². The van der Waals surface area contributed by atoms with Crippen LogP contribution in [0.3, 0.4) is 0 Å². The molecular weight excluding hydrogens is 345 g/mol. The normalized spacial score (nSPS) is 10.7. The third kappa shape index (κ3) is 5.43. The topological polar surface area (TPSA) is 55.4 Å². The lowest BCUT2D eigenvalue weighted by Crippen LogP contribution is -2.20. The first-order chi connectivity index (χ1) is 11.9. The number of rotatable bonds is 5. The van der Waals surface area contributed by atoms with Crippen molar-refractivity contribution in [3.05, 3.63) is 70.0 Å². The van der Waals surface area contributed by atoms with E-state index in [0.717, 1.165) is 17.2 Å². The Hall–Kier alpha value is -2.66. The molecule has 0 spiro atoms. The van der Waals surface area contributed by atoms with Gasteiger partial charge >= 0.3 is 5.97 Å². The molecule has 2 aromatic carbocycles. The molecule has 0 saturated heterocycles.